The average molecular weight is 536 g/mol. The predicted molar refractivity (Wildman–Crippen MR) is 138 cm³/mol. The van der Waals surface area contributed by atoms with Crippen LogP contribution < -0.4 is 14.8 Å². The van der Waals surface area contributed by atoms with Crippen LogP contribution in [0.25, 0.3) is 0 Å². The SMILES string of the molecule is CC.CC.CCC(CC(O)CN=O)S(=O)(=O)Nc1c(OC)cc(F)c(F)c1Nc1ccc(C)cc1F. The highest BCUT2D eigenvalue weighted by Crippen LogP contribution is 2.40. The van der Waals surface area contributed by atoms with Gasteiger partial charge in [0, 0.05) is 6.07 Å². The molecule has 204 valence electrons. The van der Waals surface area contributed by atoms with Crippen LogP contribution in [0.1, 0.15) is 53.0 Å². The molecule has 36 heavy (non-hydrogen) atoms. The van der Waals surface area contributed by atoms with Gasteiger partial charge in [-0.1, -0.05) is 45.9 Å². The van der Waals surface area contributed by atoms with Crippen molar-refractivity contribution >= 4 is 27.1 Å². The number of aryl methyl sites for hydroxylation is 1. The zero-order valence-corrected chi connectivity index (χ0v) is 22.5. The largest absolute Gasteiger partial charge is 0.494 e. The maximum atomic E-state index is 14.7. The summed E-state index contributed by atoms with van der Waals surface area (Å²) in [4.78, 5) is 10.3. The summed E-state index contributed by atoms with van der Waals surface area (Å²) in [6.45, 7) is 10.7. The van der Waals surface area contributed by atoms with Crippen molar-refractivity contribution in [1.82, 2.24) is 0 Å². The number of aliphatic hydroxyl groups excluding tert-OH is 1. The van der Waals surface area contributed by atoms with E-state index in [9.17, 15) is 31.6 Å². The van der Waals surface area contributed by atoms with Gasteiger partial charge in [-0.2, -0.15) is 4.91 Å². The summed E-state index contributed by atoms with van der Waals surface area (Å²) in [5, 5.41) is 13.5. The van der Waals surface area contributed by atoms with Gasteiger partial charge in [0.25, 0.3) is 0 Å². The number of anilines is 3. The molecule has 0 fully saturated rings. The minimum absolute atomic E-state index is 0.0343. The molecule has 2 aromatic carbocycles. The Kier molecular flexibility index (Phi) is 14.7. The molecule has 2 aromatic rings. The molecule has 0 radical (unpaired) electrons. The van der Waals surface area contributed by atoms with Gasteiger partial charge in [0.1, 0.15) is 29.5 Å². The van der Waals surface area contributed by atoms with Crippen LogP contribution in [0.5, 0.6) is 5.75 Å². The third kappa shape index (κ3) is 8.98. The normalized spacial score (nSPS) is 12.2. The molecule has 2 rings (SSSR count). The van der Waals surface area contributed by atoms with Crippen molar-refractivity contribution in [3.8, 4) is 5.75 Å². The first-order chi connectivity index (χ1) is 17.0. The van der Waals surface area contributed by atoms with Gasteiger partial charge < -0.3 is 15.2 Å². The molecule has 0 aliphatic carbocycles. The summed E-state index contributed by atoms with van der Waals surface area (Å²) in [7, 11) is -3.17. The van der Waals surface area contributed by atoms with E-state index in [0.29, 0.717) is 11.6 Å². The van der Waals surface area contributed by atoms with Crippen LogP contribution in [0.3, 0.4) is 0 Å². The van der Waals surface area contributed by atoms with E-state index in [2.05, 4.69) is 15.2 Å². The molecule has 0 heterocycles. The van der Waals surface area contributed by atoms with Crippen LogP contribution in [0, 0.1) is 29.3 Å². The van der Waals surface area contributed by atoms with E-state index in [1.54, 1.807) is 6.92 Å². The Balaban J connectivity index is 0.00000291. The van der Waals surface area contributed by atoms with Crippen molar-refractivity contribution in [2.45, 2.75) is 65.7 Å². The molecule has 0 amide bonds. The number of nitrogens with zero attached hydrogens (tertiary/aromatic N) is 1. The number of nitroso groups, excluding NO2 is 1. The van der Waals surface area contributed by atoms with E-state index in [1.165, 1.54) is 19.1 Å². The molecule has 8 nitrogen and oxygen atoms in total. The maximum absolute atomic E-state index is 14.7. The molecule has 0 spiro atoms. The van der Waals surface area contributed by atoms with Gasteiger partial charge in [-0.15, -0.1) is 0 Å². The third-order valence-electron chi connectivity index (χ3n) is 4.75. The molecule has 0 aliphatic heterocycles. The molecule has 0 saturated heterocycles. The second-order valence-electron chi connectivity index (χ2n) is 7.11. The summed E-state index contributed by atoms with van der Waals surface area (Å²) < 4.78 is 76.2. The number of hydrogen-bond acceptors (Lipinski definition) is 7. The maximum Gasteiger partial charge on any atom is 0.235 e. The summed E-state index contributed by atoms with van der Waals surface area (Å²) in [5.41, 5.74) is -0.798. The van der Waals surface area contributed by atoms with E-state index in [-0.39, 0.29) is 24.3 Å². The number of nitrogens with one attached hydrogen (secondary N) is 2. The molecule has 0 saturated carbocycles. The van der Waals surface area contributed by atoms with Crippen LogP contribution in [-0.2, 0) is 10.0 Å². The highest BCUT2D eigenvalue weighted by Gasteiger charge is 2.30. The van der Waals surface area contributed by atoms with Crippen molar-refractivity contribution in [2.24, 2.45) is 5.18 Å². The van der Waals surface area contributed by atoms with Crippen molar-refractivity contribution in [3.63, 3.8) is 0 Å². The molecule has 12 heteroatoms. The lowest BCUT2D eigenvalue weighted by Crippen LogP contribution is -2.32. The second-order valence-corrected chi connectivity index (χ2v) is 9.07. The monoisotopic (exact) mass is 535 g/mol. The topological polar surface area (TPSA) is 117 Å². The first-order valence-electron chi connectivity index (χ1n) is 11.6. The lowest BCUT2D eigenvalue weighted by molar-refractivity contribution is 0.170. The number of rotatable bonds is 11. The fraction of sp³-hybridized carbons (Fsp3) is 0.500. The number of methoxy groups -OCH3 is 1. The van der Waals surface area contributed by atoms with E-state index in [1.807, 2.05) is 27.7 Å². The van der Waals surface area contributed by atoms with Crippen molar-refractivity contribution < 1.29 is 31.4 Å². The minimum atomic E-state index is -4.29. The van der Waals surface area contributed by atoms with Gasteiger partial charge in [0.05, 0.1) is 24.2 Å². The summed E-state index contributed by atoms with van der Waals surface area (Å²) in [5.74, 6) is -3.93. The molecule has 0 aromatic heterocycles. The average Bonchev–Trinajstić information content (AvgIpc) is 2.85. The van der Waals surface area contributed by atoms with Crippen molar-refractivity contribution in [3.05, 3.63) is 52.2 Å². The zero-order chi connectivity index (χ0) is 28.1. The van der Waals surface area contributed by atoms with Gasteiger partial charge in [-0.3, -0.25) is 4.72 Å². The van der Waals surface area contributed by atoms with E-state index in [4.69, 9.17) is 4.74 Å². The number of benzene rings is 2. The van der Waals surface area contributed by atoms with Crippen LogP contribution in [0.15, 0.2) is 29.4 Å². The molecule has 0 bridgehead atoms. The molecular formula is C24H36F3N3O5S. The fourth-order valence-electron chi connectivity index (χ4n) is 3.04. The molecular weight excluding hydrogens is 499 g/mol. The number of hydrogen-bond donors (Lipinski definition) is 3. The Morgan fingerprint density at radius 3 is 2.17 bits per heavy atom. The summed E-state index contributed by atoms with van der Waals surface area (Å²) in [6.07, 6.45) is -1.59. The molecule has 2 atom stereocenters. The first kappa shape index (κ1) is 33.1. The highest BCUT2D eigenvalue weighted by atomic mass is 32.2. The smallest absolute Gasteiger partial charge is 0.235 e. The first-order valence-corrected chi connectivity index (χ1v) is 13.2. The Bertz CT molecular complexity index is 1090. The fourth-order valence-corrected chi connectivity index (χ4v) is 4.61. The van der Waals surface area contributed by atoms with E-state index in [0.717, 1.165) is 13.2 Å². The van der Waals surface area contributed by atoms with Gasteiger partial charge in [-0.25, -0.2) is 21.6 Å². The van der Waals surface area contributed by atoms with Gasteiger partial charge in [-0.05, 0) is 37.5 Å². The lowest BCUT2D eigenvalue weighted by Gasteiger charge is -2.23. The number of halogens is 3. The number of sulfonamides is 1. The van der Waals surface area contributed by atoms with E-state index >= 15 is 0 Å². The van der Waals surface area contributed by atoms with Crippen molar-refractivity contribution in [1.29, 1.82) is 0 Å². The Hall–Kier alpha value is -2.86. The molecule has 2 unspecified atom stereocenters. The molecule has 0 aliphatic rings. The van der Waals surface area contributed by atoms with Crippen LogP contribution >= 0.6 is 0 Å². The van der Waals surface area contributed by atoms with Gasteiger partial charge in [0.2, 0.25) is 10.0 Å². The lowest BCUT2D eigenvalue weighted by atomic mass is 10.1. The highest BCUT2D eigenvalue weighted by molar-refractivity contribution is 7.93. The van der Waals surface area contributed by atoms with E-state index < -0.39 is 56.7 Å². The zero-order valence-electron chi connectivity index (χ0n) is 21.7. The van der Waals surface area contributed by atoms with Crippen LogP contribution in [-0.4, -0.2) is 38.5 Å². The quantitative estimate of drug-likeness (QED) is 0.293. The van der Waals surface area contributed by atoms with Crippen LogP contribution in [0.4, 0.5) is 30.2 Å². The molecule has 3 N–H and O–H groups in total. The Labute approximate surface area is 211 Å². The number of aliphatic hydroxyl groups is 1. The predicted octanol–water partition coefficient (Wildman–Crippen LogP) is 6.25. The standard InChI is InChI=1S/C20H24F3N3O5S.2C2H6/c1-4-13(8-12(27)10-24-28)32(29,30)26-19-17(31-3)9-15(22)18(23)20(19)25-16-6-5-11(2)7-14(16)21;2*1-2/h5-7,9,12-13,25-27H,4,8,10H2,1-3H3;2*1-2H3. The Morgan fingerprint density at radius 2 is 1.67 bits per heavy atom. The van der Waals surface area contributed by atoms with Gasteiger partial charge in [0.15, 0.2) is 11.6 Å². The van der Waals surface area contributed by atoms with Gasteiger partial charge >= 0.3 is 0 Å². The summed E-state index contributed by atoms with van der Waals surface area (Å²) in [6, 6.07) is 4.63. The second kappa shape index (κ2) is 16.0. The van der Waals surface area contributed by atoms with Crippen molar-refractivity contribution in [2.75, 3.05) is 23.7 Å². The Morgan fingerprint density at radius 1 is 1.06 bits per heavy atom. The summed E-state index contributed by atoms with van der Waals surface area (Å²) >= 11 is 0. The van der Waals surface area contributed by atoms with Crippen LogP contribution in [0.2, 0.25) is 0 Å². The third-order valence-corrected chi connectivity index (χ3v) is 6.64. The minimum Gasteiger partial charge on any atom is -0.494 e. The number of ether oxygens (including phenoxy) is 1.